The quantitative estimate of drug-likeness (QED) is 0.728. The van der Waals surface area contributed by atoms with E-state index in [0.717, 1.165) is 32.4 Å². The molecule has 0 aromatic rings. The highest BCUT2D eigenvalue weighted by atomic mass is 16.1. The standard InChI is InChI=1S/C13H26N2O/c1-4-13(3,5-2)15-12(16)7-6-11-8-9-14-10-11/h11,14H,4-10H2,1-3H3,(H,15,16). The number of hydrogen-bond acceptors (Lipinski definition) is 2. The smallest absolute Gasteiger partial charge is 0.220 e. The normalized spacial score (nSPS) is 21.1. The molecule has 1 saturated heterocycles. The number of hydrogen-bond donors (Lipinski definition) is 2. The molecule has 94 valence electrons. The van der Waals surface area contributed by atoms with Gasteiger partial charge in [0.1, 0.15) is 0 Å². The van der Waals surface area contributed by atoms with Gasteiger partial charge in [-0.15, -0.1) is 0 Å². The van der Waals surface area contributed by atoms with Gasteiger partial charge >= 0.3 is 0 Å². The summed E-state index contributed by atoms with van der Waals surface area (Å²) in [6.07, 6.45) is 4.94. The Morgan fingerprint density at radius 1 is 1.44 bits per heavy atom. The van der Waals surface area contributed by atoms with Gasteiger partial charge in [0.15, 0.2) is 0 Å². The minimum Gasteiger partial charge on any atom is -0.351 e. The molecule has 1 rings (SSSR count). The summed E-state index contributed by atoms with van der Waals surface area (Å²) in [7, 11) is 0. The molecule has 0 aromatic heterocycles. The van der Waals surface area contributed by atoms with E-state index in [1.54, 1.807) is 0 Å². The zero-order valence-corrected chi connectivity index (χ0v) is 10.9. The van der Waals surface area contributed by atoms with E-state index in [9.17, 15) is 4.79 Å². The molecule has 0 bridgehead atoms. The third-order valence-electron chi connectivity index (χ3n) is 3.94. The van der Waals surface area contributed by atoms with Crippen molar-refractivity contribution in [2.75, 3.05) is 13.1 Å². The third kappa shape index (κ3) is 4.12. The summed E-state index contributed by atoms with van der Waals surface area (Å²) < 4.78 is 0. The second kappa shape index (κ2) is 6.24. The van der Waals surface area contributed by atoms with E-state index in [-0.39, 0.29) is 11.4 Å². The van der Waals surface area contributed by atoms with Crippen LogP contribution < -0.4 is 10.6 Å². The molecule has 1 atom stereocenters. The molecule has 3 heteroatoms. The lowest BCUT2D eigenvalue weighted by molar-refractivity contribution is -0.123. The van der Waals surface area contributed by atoms with Gasteiger partial charge in [0.25, 0.3) is 0 Å². The van der Waals surface area contributed by atoms with Crippen LogP contribution >= 0.6 is 0 Å². The number of carbonyl (C=O) groups excluding carboxylic acids is 1. The SMILES string of the molecule is CCC(C)(CC)NC(=O)CCC1CCNC1. The molecular weight excluding hydrogens is 200 g/mol. The molecule has 0 aromatic carbocycles. The second-order valence-corrected chi connectivity index (χ2v) is 5.21. The fourth-order valence-corrected chi connectivity index (χ4v) is 2.12. The van der Waals surface area contributed by atoms with Crippen LogP contribution in [-0.4, -0.2) is 24.5 Å². The van der Waals surface area contributed by atoms with Gasteiger partial charge in [-0.2, -0.15) is 0 Å². The van der Waals surface area contributed by atoms with Crippen molar-refractivity contribution in [2.24, 2.45) is 5.92 Å². The number of amides is 1. The molecule has 0 aliphatic carbocycles. The van der Waals surface area contributed by atoms with Gasteiger partial charge < -0.3 is 10.6 Å². The van der Waals surface area contributed by atoms with Crippen LogP contribution in [0.25, 0.3) is 0 Å². The lowest BCUT2D eigenvalue weighted by atomic mass is 9.94. The molecule has 1 aliphatic heterocycles. The fourth-order valence-electron chi connectivity index (χ4n) is 2.12. The first-order valence-corrected chi connectivity index (χ1v) is 6.61. The third-order valence-corrected chi connectivity index (χ3v) is 3.94. The molecule has 0 spiro atoms. The van der Waals surface area contributed by atoms with Gasteiger partial charge in [-0.3, -0.25) is 4.79 Å². The maximum Gasteiger partial charge on any atom is 0.220 e. The minimum absolute atomic E-state index is 0.00892. The molecule has 1 amide bonds. The Morgan fingerprint density at radius 3 is 2.62 bits per heavy atom. The van der Waals surface area contributed by atoms with Crippen molar-refractivity contribution in [3.63, 3.8) is 0 Å². The highest BCUT2D eigenvalue weighted by Gasteiger charge is 2.22. The van der Waals surface area contributed by atoms with Gasteiger partial charge in [-0.05, 0) is 51.6 Å². The predicted octanol–water partition coefficient (Wildman–Crippen LogP) is 2.07. The Balaban J connectivity index is 2.24. The Labute approximate surface area is 99.4 Å². The van der Waals surface area contributed by atoms with Gasteiger partial charge in [0.2, 0.25) is 5.91 Å². The lowest BCUT2D eigenvalue weighted by Gasteiger charge is -2.28. The van der Waals surface area contributed by atoms with E-state index in [2.05, 4.69) is 31.4 Å². The average molecular weight is 226 g/mol. The summed E-state index contributed by atoms with van der Waals surface area (Å²) in [5.74, 6) is 0.929. The number of nitrogens with one attached hydrogen (secondary N) is 2. The van der Waals surface area contributed by atoms with Crippen molar-refractivity contribution >= 4 is 5.91 Å². The van der Waals surface area contributed by atoms with Crippen molar-refractivity contribution in [3.8, 4) is 0 Å². The minimum atomic E-state index is -0.00892. The second-order valence-electron chi connectivity index (χ2n) is 5.21. The van der Waals surface area contributed by atoms with Gasteiger partial charge in [-0.25, -0.2) is 0 Å². The summed E-state index contributed by atoms with van der Waals surface area (Å²) in [4.78, 5) is 11.8. The Morgan fingerprint density at radius 2 is 2.12 bits per heavy atom. The molecule has 1 aliphatic rings. The highest BCUT2D eigenvalue weighted by molar-refractivity contribution is 5.76. The molecular formula is C13H26N2O. The van der Waals surface area contributed by atoms with Gasteiger partial charge in [0.05, 0.1) is 0 Å². The Bertz CT molecular complexity index is 218. The van der Waals surface area contributed by atoms with Crippen molar-refractivity contribution < 1.29 is 4.79 Å². The van der Waals surface area contributed by atoms with Crippen molar-refractivity contribution in [2.45, 2.75) is 58.4 Å². The van der Waals surface area contributed by atoms with Crippen LogP contribution in [0.4, 0.5) is 0 Å². The maximum atomic E-state index is 11.8. The maximum absolute atomic E-state index is 11.8. The van der Waals surface area contributed by atoms with E-state index >= 15 is 0 Å². The summed E-state index contributed by atoms with van der Waals surface area (Å²) in [5, 5.41) is 6.49. The molecule has 1 fully saturated rings. The molecule has 0 saturated carbocycles. The summed E-state index contributed by atoms with van der Waals surface area (Å²) in [6, 6.07) is 0. The van der Waals surface area contributed by atoms with E-state index < -0.39 is 0 Å². The van der Waals surface area contributed by atoms with Crippen LogP contribution in [0.15, 0.2) is 0 Å². The monoisotopic (exact) mass is 226 g/mol. The molecule has 3 nitrogen and oxygen atoms in total. The van der Waals surface area contributed by atoms with Crippen LogP contribution in [0.5, 0.6) is 0 Å². The van der Waals surface area contributed by atoms with E-state index in [1.807, 2.05) is 0 Å². The first-order chi connectivity index (χ1) is 7.59. The summed E-state index contributed by atoms with van der Waals surface area (Å²) in [6.45, 7) is 8.59. The van der Waals surface area contributed by atoms with E-state index in [0.29, 0.717) is 12.3 Å². The van der Waals surface area contributed by atoms with Crippen molar-refractivity contribution in [3.05, 3.63) is 0 Å². The van der Waals surface area contributed by atoms with E-state index in [1.165, 1.54) is 6.42 Å². The Kier molecular flexibility index (Phi) is 5.26. The first-order valence-electron chi connectivity index (χ1n) is 6.61. The van der Waals surface area contributed by atoms with E-state index in [4.69, 9.17) is 0 Å². The van der Waals surface area contributed by atoms with Crippen molar-refractivity contribution in [1.82, 2.24) is 10.6 Å². The largest absolute Gasteiger partial charge is 0.351 e. The van der Waals surface area contributed by atoms with Gasteiger partial charge in [0, 0.05) is 12.0 Å². The average Bonchev–Trinajstić information content (AvgIpc) is 2.79. The van der Waals surface area contributed by atoms with Crippen LogP contribution in [0.2, 0.25) is 0 Å². The molecule has 1 unspecified atom stereocenters. The van der Waals surface area contributed by atoms with Crippen LogP contribution in [0.1, 0.15) is 52.9 Å². The predicted molar refractivity (Wildman–Crippen MR) is 67.3 cm³/mol. The molecule has 0 radical (unpaired) electrons. The van der Waals surface area contributed by atoms with Crippen molar-refractivity contribution in [1.29, 1.82) is 0 Å². The number of carbonyl (C=O) groups is 1. The fraction of sp³-hybridized carbons (Fsp3) is 0.923. The summed E-state index contributed by atoms with van der Waals surface area (Å²) in [5.41, 5.74) is -0.00892. The zero-order valence-electron chi connectivity index (χ0n) is 10.9. The molecule has 1 heterocycles. The molecule has 2 N–H and O–H groups in total. The summed E-state index contributed by atoms with van der Waals surface area (Å²) >= 11 is 0. The highest BCUT2D eigenvalue weighted by Crippen LogP contribution is 2.17. The van der Waals surface area contributed by atoms with Crippen LogP contribution in [0, 0.1) is 5.92 Å². The van der Waals surface area contributed by atoms with Crippen LogP contribution in [-0.2, 0) is 4.79 Å². The Hall–Kier alpha value is -0.570. The first kappa shape index (κ1) is 13.5. The van der Waals surface area contributed by atoms with Gasteiger partial charge in [-0.1, -0.05) is 13.8 Å². The number of rotatable bonds is 6. The zero-order chi connectivity index (χ0) is 12.0. The van der Waals surface area contributed by atoms with Crippen LogP contribution in [0.3, 0.4) is 0 Å². The lowest BCUT2D eigenvalue weighted by Crippen LogP contribution is -2.45. The topological polar surface area (TPSA) is 41.1 Å². The molecule has 16 heavy (non-hydrogen) atoms.